The van der Waals surface area contributed by atoms with Crippen molar-refractivity contribution in [2.24, 2.45) is 0 Å². The average molecular weight is 410 g/mol. The van der Waals surface area contributed by atoms with Crippen molar-refractivity contribution >= 4 is 34.3 Å². The molecule has 0 aliphatic heterocycles. The van der Waals surface area contributed by atoms with Crippen LogP contribution in [0.25, 0.3) is 16.7 Å². The number of aromatic hydroxyl groups is 1. The fourth-order valence-corrected chi connectivity index (χ4v) is 2.83. The Kier molecular flexibility index (Phi) is 4.96. The van der Waals surface area contributed by atoms with Gasteiger partial charge in [-0.3, -0.25) is 0 Å². The SMILES string of the molecule is C=CCOc1nc(Cl)nc(Nc2cc(C)cc(-n3nc4ccccc4n3)c2O)n1. The number of hydrogen-bond donors (Lipinski definition) is 2. The summed E-state index contributed by atoms with van der Waals surface area (Å²) in [6.07, 6.45) is 1.56. The molecule has 0 aliphatic rings. The van der Waals surface area contributed by atoms with Crippen molar-refractivity contribution in [3.63, 3.8) is 0 Å². The summed E-state index contributed by atoms with van der Waals surface area (Å²) in [7, 11) is 0. The summed E-state index contributed by atoms with van der Waals surface area (Å²) in [6.45, 7) is 5.68. The second kappa shape index (κ2) is 7.72. The topological polar surface area (TPSA) is 111 Å². The number of phenols is 1. The number of anilines is 2. The van der Waals surface area contributed by atoms with Gasteiger partial charge >= 0.3 is 6.01 Å². The molecule has 0 fully saturated rings. The molecule has 0 saturated heterocycles. The molecule has 146 valence electrons. The Morgan fingerprint density at radius 1 is 1.17 bits per heavy atom. The smallest absolute Gasteiger partial charge is 0.322 e. The number of phenolic OH excluding ortho intramolecular Hbond substituents is 1. The Morgan fingerprint density at radius 2 is 1.90 bits per heavy atom. The molecule has 0 radical (unpaired) electrons. The molecule has 0 spiro atoms. The number of hydrogen-bond acceptors (Lipinski definition) is 8. The molecule has 2 aromatic carbocycles. The zero-order valence-corrected chi connectivity index (χ0v) is 16.1. The van der Waals surface area contributed by atoms with Crippen LogP contribution in [0, 0.1) is 6.92 Å². The molecule has 0 saturated carbocycles. The third-order valence-corrected chi connectivity index (χ3v) is 4.07. The molecule has 0 bridgehead atoms. The number of rotatable bonds is 6. The van der Waals surface area contributed by atoms with Crippen molar-refractivity contribution in [3.8, 4) is 17.4 Å². The van der Waals surface area contributed by atoms with Crippen LogP contribution < -0.4 is 10.1 Å². The van der Waals surface area contributed by atoms with Gasteiger partial charge in [-0.2, -0.15) is 15.0 Å². The first-order valence-electron chi connectivity index (χ1n) is 8.62. The first kappa shape index (κ1) is 18.6. The van der Waals surface area contributed by atoms with E-state index in [4.69, 9.17) is 16.3 Å². The van der Waals surface area contributed by atoms with Crippen LogP contribution in [0.5, 0.6) is 11.8 Å². The zero-order valence-electron chi connectivity index (χ0n) is 15.4. The summed E-state index contributed by atoms with van der Waals surface area (Å²) in [5.41, 5.74) is 3.07. The quantitative estimate of drug-likeness (QED) is 0.367. The summed E-state index contributed by atoms with van der Waals surface area (Å²) in [5.74, 6) is 0.0514. The van der Waals surface area contributed by atoms with Crippen LogP contribution in [0.2, 0.25) is 5.28 Å². The molecule has 2 N–H and O–H groups in total. The monoisotopic (exact) mass is 409 g/mol. The standard InChI is InChI=1S/C19H16ClN7O2/c1-3-8-29-19-23-17(20)22-18(24-19)21-14-9-11(2)10-15(16(14)28)27-25-12-6-4-5-7-13(12)26-27/h3-7,9-10,28H,1,8H2,2H3,(H,21,22,23,24). The fourth-order valence-electron chi connectivity index (χ4n) is 2.68. The van der Waals surface area contributed by atoms with Gasteiger partial charge in [0.2, 0.25) is 11.2 Å². The Labute approximate surface area is 170 Å². The van der Waals surface area contributed by atoms with Gasteiger partial charge in [0.05, 0.1) is 5.69 Å². The summed E-state index contributed by atoms with van der Waals surface area (Å²) < 4.78 is 5.30. The Balaban J connectivity index is 1.72. The maximum Gasteiger partial charge on any atom is 0.322 e. The van der Waals surface area contributed by atoms with E-state index in [0.717, 1.165) is 16.6 Å². The van der Waals surface area contributed by atoms with Crippen LogP contribution in [0.4, 0.5) is 11.6 Å². The van der Waals surface area contributed by atoms with E-state index in [9.17, 15) is 5.11 Å². The fraction of sp³-hybridized carbons (Fsp3) is 0.105. The van der Waals surface area contributed by atoms with Gasteiger partial charge in [-0.25, -0.2) is 0 Å². The second-order valence-electron chi connectivity index (χ2n) is 6.09. The first-order chi connectivity index (χ1) is 14.0. The van der Waals surface area contributed by atoms with Crippen molar-refractivity contribution < 1.29 is 9.84 Å². The van der Waals surface area contributed by atoms with Crippen LogP contribution in [-0.2, 0) is 0 Å². The number of ether oxygens (including phenoxy) is 1. The van der Waals surface area contributed by atoms with Gasteiger partial charge in [0.1, 0.15) is 23.3 Å². The average Bonchev–Trinajstić information content (AvgIpc) is 3.12. The highest BCUT2D eigenvalue weighted by atomic mass is 35.5. The number of fused-ring (bicyclic) bond motifs is 1. The molecule has 29 heavy (non-hydrogen) atoms. The highest BCUT2D eigenvalue weighted by Gasteiger charge is 2.15. The van der Waals surface area contributed by atoms with Crippen LogP contribution >= 0.6 is 11.6 Å². The number of aryl methyl sites for hydroxylation is 1. The van der Waals surface area contributed by atoms with Crippen LogP contribution in [0.15, 0.2) is 49.1 Å². The van der Waals surface area contributed by atoms with Gasteiger partial charge in [-0.05, 0) is 48.4 Å². The lowest BCUT2D eigenvalue weighted by atomic mass is 10.1. The highest BCUT2D eigenvalue weighted by Crippen LogP contribution is 2.33. The lowest BCUT2D eigenvalue weighted by Crippen LogP contribution is -2.06. The Morgan fingerprint density at radius 3 is 2.59 bits per heavy atom. The molecule has 0 unspecified atom stereocenters. The van der Waals surface area contributed by atoms with E-state index < -0.39 is 0 Å². The molecule has 2 aromatic heterocycles. The minimum Gasteiger partial charge on any atom is -0.504 e. The highest BCUT2D eigenvalue weighted by molar-refractivity contribution is 6.28. The van der Waals surface area contributed by atoms with Crippen molar-refractivity contribution in [1.29, 1.82) is 0 Å². The summed E-state index contributed by atoms with van der Waals surface area (Å²) >= 11 is 5.94. The van der Waals surface area contributed by atoms with E-state index in [0.29, 0.717) is 11.4 Å². The lowest BCUT2D eigenvalue weighted by molar-refractivity contribution is 0.332. The van der Waals surface area contributed by atoms with Crippen molar-refractivity contribution in [1.82, 2.24) is 29.9 Å². The molecule has 4 rings (SSSR count). The van der Waals surface area contributed by atoms with E-state index in [-0.39, 0.29) is 29.6 Å². The van der Waals surface area contributed by atoms with Gasteiger partial charge in [-0.15, -0.1) is 15.0 Å². The summed E-state index contributed by atoms with van der Waals surface area (Å²) in [5, 5.41) is 22.6. The first-order valence-corrected chi connectivity index (χ1v) is 8.99. The second-order valence-corrected chi connectivity index (χ2v) is 6.43. The van der Waals surface area contributed by atoms with Gasteiger partial charge < -0.3 is 15.2 Å². The van der Waals surface area contributed by atoms with Crippen LogP contribution in [-0.4, -0.2) is 41.7 Å². The van der Waals surface area contributed by atoms with E-state index in [1.807, 2.05) is 31.2 Å². The van der Waals surface area contributed by atoms with Crippen LogP contribution in [0.1, 0.15) is 5.56 Å². The maximum absolute atomic E-state index is 10.8. The maximum atomic E-state index is 10.8. The molecule has 2 heterocycles. The molecule has 0 atom stereocenters. The predicted molar refractivity (Wildman–Crippen MR) is 109 cm³/mol. The molecule has 10 heteroatoms. The Hall–Kier alpha value is -3.72. The largest absolute Gasteiger partial charge is 0.504 e. The predicted octanol–water partition coefficient (Wildman–Crippen LogP) is 3.58. The Bertz CT molecular complexity index is 1180. The zero-order chi connectivity index (χ0) is 20.4. The van der Waals surface area contributed by atoms with Crippen LogP contribution in [0.3, 0.4) is 0 Å². The molecular weight excluding hydrogens is 394 g/mol. The van der Waals surface area contributed by atoms with E-state index in [2.05, 4.69) is 37.0 Å². The number of nitrogens with zero attached hydrogens (tertiary/aromatic N) is 6. The number of halogens is 1. The number of benzene rings is 2. The van der Waals surface area contributed by atoms with Gasteiger partial charge in [0.25, 0.3) is 0 Å². The van der Waals surface area contributed by atoms with E-state index >= 15 is 0 Å². The van der Waals surface area contributed by atoms with E-state index in [1.54, 1.807) is 18.2 Å². The summed E-state index contributed by atoms with van der Waals surface area (Å²) in [4.78, 5) is 13.4. The molecule has 0 aliphatic carbocycles. The van der Waals surface area contributed by atoms with Gasteiger partial charge in [0.15, 0.2) is 5.75 Å². The molecular formula is C19H16ClN7O2. The minimum atomic E-state index is -0.0685. The minimum absolute atomic E-state index is 0.0414. The van der Waals surface area contributed by atoms with Crippen molar-refractivity contribution in [2.45, 2.75) is 6.92 Å². The third kappa shape index (κ3) is 3.94. The van der Waals surface area contributed by atoms with E-state index in [1.165, 1.54) is 4.80 Å². The number of nitrogens with one attached hydrogen (secondary N) is 1. The van der Waals surface area contributed by atoms with Crippen molar-refractivity contribution in [2.75, 3.05) is 11.9 Å². The van der Waals surface area contributed by atoms with Gasteiger partial charge in [-0.1, -0.05) is 24.8 Å². The molecule has 4 aromatic rings. The normalized spacial score (nSPS) is 10.8. The third-order valence-electron chi connectivity index (χ3n) is 3.90. The summed E-state index contributed by atoms with van der Waals surface area (Å²) in [6, 6.07) is 11.0. The lowest BCUT2D eigenvalue weighted by Gasteiger charge is -2.12. The number of aromatic nitrogens is 6. The van der Waals surface area contributed by atoms with Crippen molar-refractivity contribution in [3.05, 3.63) is 59.9 Å². The molecule has 0 amide bonds. The van der Waals surface area contributed by atoms with Gasteiger partial charge in [0, 0.05) is 0 Å². The molecule has 9 nitrogen and oxygen atoms in total.